The molecule has 0 aromatic heterocycles. The molecule has 0 spiro atoms. The summed E-state index contributed by atoms with van der Waals surface area (Å²) in [7, 11) is 1.98. The van der Waals surface area contributed by atoms with Gasteiger partial charge in [0.2, 0.25) is 5.91 Å². The van der Waals surface area contributed by atoms with Crippen LogP contribution in [0.3, 0.4) is 0 Å². The number of likely N-dealkylation sites (tertiary alicyclic amines) is 1. The molecule has 1 amide bonds. The lowest BCUT2D eigenvalue weighted by molar-refractivity contribution is -0.132. The fraction of sp³-hybridized carbons (Fsp3) is 0.417. The Morgan fingerprint density at radius 2 is 1.57 bits per heavy atom. The van der Waals surface area contributed by atoms with E-state index in [1.807, 2.05) is 54.4 Å². The van der Waals surface area contributed by atoms with Gasteiger partial charge in [-0.05, 0) is 49.9 Å². The molecule has 1 heterocycles. The number of nitrogens with zero attached hydrogens (tertiary/aromatic N) is 1. The predicted octanol–water partition coefficient (Wildman–Crippen LogP) is 4.16. The maximum atomic E-state index is 12.5. The Hall–Kier alpha value is -2.46. The van der Waals surface area contributed by atoms with Gasteiger partial charge in [-0.15, -0.1) is 0 Å². The second-order valence-corrected chi connectivity index (χ2v) is 7.58. The van der Waals surface area contributed by atoms with Gasteiger partial charge < -0.3 is 10.2 Å². The molecular weight excluding hydrogens is 348 g/mol. The van der Waals surface area contributed by atoms with Crippen molar-refractivity contribution in [2.45, 2.75) is 32.1 Å². The molecule has 148 valence electrons. The number of rotatable bonds is 8. The van der Waals surface area contributed by atoms with Crippen molar-refractivity contribution in [3.8, 4) is 11.1 Å². The molecule has 3 rings (SSSR count). The quantitative estimate of drug-likeness (QED) is 0.702. The normalized spacial score (nSPS) is 14.8. The third-order valence-corrected chi connectivity index (χ3v) is 5.65. The first-order valence-corrected chi connectivity index (χ1v) is 10.3. The number of amides is 1. The van der Waals surface area contributed by atoms with Crippen LogP contribution in [0.15, 0.2) is 54.6 Å². The highest BCUT2D eigenvalue weighted by molar-refractivity contribution is 5.98. The van der Waals surface area contributed by atoms with Crippen LogP contribution < -0.4 is 5.32 Å². The van der Waals surface area contributed by atoms with E-state index in [0.29, 0.717) is 17.9 Å². The third kappa shape index (κ3) is 5.52. The Bertz CT molecular complexity index is 763. The summed E-state index contributed by atoms with van der Waals surface area (Å²) in [6.07, 6.45) is 3.91. The summed E-state index contributed by atoms with van der Waals surface area (Å²) in [5.74, 6) is 0.861. The van der Waals surface area contributed by atoms with Crippen molar-refractivity contribution in [2.75, 3.05) is 26.7 Å². The minimum absolute atomic E-state index is 0.0388. The predicted molar refractivity (Wildman–Crippen MR) is 113 cm³/mol. The van der Waals surface area contributed by atoms with E-state index in [2.05, 4.69) is 17.4 Å². The van der Waals surface area contributed by atoms with E-state index in [1.165, 1.54) is 6.42 Å². The van der Waals surface area contributed by atoms with Crippen molar-refractivity contribution in [1.82, 2.24) is 10.2 Å². The van der Waals surface area contributed by atoms with E-state index in [4.69, 9.17) is 0 Å². The largest absolute Gasteiger partial charge is 0.343 e. The number of carbonyl (C=O) groups is 2. The zero-order valence-corrected chi connectivity index (χ0v) is 16.7. The van der Waals surface area contributed by atoms with Crippen molar-refractivity contribution >= 4 is 11.7 Å². The van der Waals surface area contributed by atoms with Gasteiger partial charge in [0.05, 0.1) is 0 Å². The van der Waals surface area contributed by atoms with Gasteiger partial charge in [-0.1, -0.05) is 54.6 Å². The summed E-state index contributed by atoms with van der Waals surface area (Å²) in [6, 6.07) is 17.8. The average Bonchev–Trinajstić information content (AvgIpc) is 2.77. The molecule has 0 saturated carbocycles. The molecule has 4 nitrogen and oxygen atoms in total. The van der Waals surface area contributed by atoms with Crippen molar-refractivity contribution in [1.29, 1.82) is 0 Å². The molecule has 1 aliphatic rings. The number of piperidine rings is 1. The molecule has 1 fully saturated rings. The third-order valence-electron chi connectivity index (χ3n) is 5.65. The Morgan fingerprint density at radius 3 is 2.21 bits per heavy atom. The monoisotopic (exact) mass is 378 g/mol. The van der Waals surface area contributed by atoms with Crippen molar-refractivity contribution in [3.05, 3.63) is 60.2 Å². The Morgan fingerprint density at radius 1 is 0.929 bits per heavy atom. The van der Waals surface area contributed by atoms with Crippen molar-refractivity contribution in [2.24, 2.45) is 5.92 Å². The SMILES string of the molecule is CNCCC1CCN(C(=O)CCC(=O)c2ccc(-c3ccccc3)cc2)CC1. The lowest BCUT2D eigenvalue weighted by atomic mass is 9.93. The van der Waals surface area contributed by atoms with E-state index in [-0.39, 0.29) is 18.1 Å². The molecular formula is C24H30N2O2. The van der Waals surface area contributed by atoms with Gasteiger partial charge in [0, 0.05) is 31.5 Å². The fourth-order valence-electron chi connectivity index (χ4n) is 3.82. The lowest BCUT2D eigenvalue weighted by Crippen LogP contribution is -2.39. The molecule has 1 N–H and O–H groups in total. The number of ketones is 1. The summed E-state index contributed by atoms with van der Waals surface area (Å²) in [6.45, 7) is 2.69. The molecule has 2 aromatic rings. The minimum atomic E-state index is 0.0388. The number of hydrogen-bond donors (Lipinski definition) is 1. The standard InChI is InChI=1S/C24H30N2O2/c1-25-16-13-19-14-17-26(18-15-19)24(28)12-11-23(27)22-9-7-21(8-10-22)20-5-3-2-4-6-20/h2-10,19,25H,11-18H2,1H3. The van der Waals surface area contributed by atoms with Crippen LogP contribution in [0.4, 0.5) is 0 Å². The molecule has 0 unspecified atom stereocenters. The Balaban J connectivity index is 1.46. The molecule has 2 aromatic carbocycles. The van der Waals surface area contributed by atoms with Gasteiger partial charge in [0.1, 0.15) is 0 Å². The molecule has 0 atom stereocenters. The summed E-state index contributed by atoms with van der Waals surface area (Å²) in [5.41, 5.74) is 2.91. The maximum Gasteiger partial charge on any atom is 0.223 e. The van der Waals surface area contributed by atoms with Gasteiger partial charge in [-0.25, -0.2) is 0 Å². The highest BCUT2D eigenvalue weighted by atomic mass is 16.2. The van der Waals surface area contributed by atoms with Crippen LogP contribution in [0, 0.1) is 5.92 Å². The van der Waals surface area contributed by atoms with Crippen LogP contribution in [-0.4, -0.2) is 43.3 Å². The van der Waals surface area contributed by atoms with Crippen LogP contribution in [0.2, 0.25) is 0 Å². The van der Waals surface area contributed by atoms with Crippen LogP contribution in [0.5, 0.6) is 0 Å². The van der Waals surface area contributed by atoms with Crippen LogP contribution in [0.25, 0.3) is 11.1 Å². The number of Topliss-reactive ketones (excluding diaryl/α,β-unsaturated/α-hetero) is 1. The molecule has 0 bridgehead atoms. The van der Waals surface area contributed by atoms with Gasteiger partial charge in [-0.3, -0.25) is 9.59 Å². The summed E-state index contributed by atoms with van der Waals surface area (Å²) < 4.78 is 0. The molecule has 28 heavy (non-hydrogen) atoms. The van der Waals surface area contributed by atoms with Gasteiger partial charge in [0.25, 0.3) is 0 Å². The van der Waals surface area contributed by atoms with Crippen molar-refractivity contribution < 1.29 is 9.59 Å². The van der Waals surface area contributed by atoms with Gasteiger partial charge >= 0.3 is 0 Å². The Kier molecular flexibility index (Phi) is 7.38. The average molecular weight is 379 g/mol. The van der Waals surface area contributed by atoms with E-state index < -0.39 is 0 Å². The van der Waals surface area contributed by atoms with Crippen molar-refractivity contribution in [3.63, 3.8) is 0 Å². The van der Waals surface area contributed by atoms with E-state index in [9.17, 15) is 9.59 Å². The number of benzene rings is 2. The lowest BCUT2D eigenvalue weighted by Gasteiger charge is -2.32. The number of hydrogen-bond acceptors (Lipinski definition) is 3. The molecule has 1 aliphatic heterocycles. The van der Waals surface area contributed by atoms with E-state index in [1.54, 1.807) is 0 Å². The topological polar surface area (TPSA) is 49.4 Å². The Labute approximate surface area is 167 Å². The molecule has 0 aliphatic carbocycles. The first-order valence-electron chi connectivity index (χ1n) is 10.3. The van der Waals surface area contributed by atoms with Crippen LogP contribution in [-0.2, 0) is 4.79 Å². The first kappa shape index (κ1) is 20.3. The summed E-state index contributed by atoms with van der Waals surface area (Å²) in [4.78, 5) is 26.9. The van der Waals surface area contributed by atoms with Crippen LogP contribution in [0.1, 0.15) is 42.5 Å². The zero-order chi connectivity index (χ0) is 19.8. The zero-order valence-electron chi connectivity index (χ0n) is 16.7. The number of nitrogens with one attached hydrogen (secondary N) is 1. The minimum Gasteiger partial charge on any atom is -0.343 e. The van der Waals surface area contributed by atoms with E-state index in [0.717, 1.165) is 43.6 Å². The highest BCUT2D eigenvalue weighted by Gasteiger charge is 2.22. The second kappa shape index (κ2) is 10.2. The van der Waals surface area contributed by atoms with Crippen LogP contribution >= 0.6 is 0 Å². The summed E-state index contributed by atoms with van der Waals surface area (Å²) >= 11 is 0. The molecule has 0 radical (unpaired) electrons. The molecule has 1 saturated heterocycles. The summed E-state index contributed by atoms with van der Waals surface area (Å²) in [5, 5.41) is 3.19. The van der Waals surface area contributed by atoms with Gasteiger partial charge in [-0.2, -0.15) is 0 Å². The van der Waals surface area contributed by atoms with E-state index >= 15 is 0 Å². The fourth-order valence-corrected chi connectivity index (χ4v) is 3.82. The first-order chi connectivity index (χ1) is 13.7. The molecule has 4 heteroatoms. The smallest absolute Gasteiger partial charge is 0.223 e. The second-order valence-electron chi connectivity index (χ2n) is 7.58. The highest BCUT2D eigenvalue weighted by Crippen LogP contribution is 2.22. The van der Waals surface area contributed by atoms with Gasteiger partial charge in [0.15, 0.2) is 5.78 Å². The maximum absolute atomic E-state index is 12.5. The number of carbonyl (C=O) groups excluding carboxylic acids is 2.